The van der Waals surface area contributed by atoms with E-state index in [-0.39, 0.29) is 0 Å². The minimum absolute atomic E-state index is 0.519. The van der Waals surface area contributed by atoms with E-state index in [1.165, 1.54) is 5.56 Å². The first-order valence-electron chi connectivity index (χ1n) is 7.59. The zero-order valence-electron chi connectivity index (χ0n) is 13.2. The quantitative estimate of drug-likeness (QED) is 0.610. The van der Waals surface area contributed by atoms with Crippen molar-refractivity contribution in [1.82, 2.24) is 5.32 Å². The predicted octanol–water partition coefficient (Wildman–Crippen LogP) is 3.76. The lowest BCUT2D eigenvalue weighted by molar-refractivity contribution is 0.0989. The third-order valence-corrected chi connectivity index (χ3v) is 3.36. The van der Waals surface area contributed by atoms with Gasteiger partial charge in [0.05, 0.1) is 17.7 Å². The van der Waals surface area contributed by atoms with E-state index in [1.54, 1.807) is 0 Å². The SMILES string of the molecule is CCCOCCOc1c(Br)cc(CNCC)cc1OCC. The first-order valence-corrected chi connectivity index (χ1v) is 8.38. The van der Waals surface area contributed by atoms with E-state index in [0.29, 0.717) is 19.8 Å². The molecule has 0 radical (unpaired) electrons. The second-order valence-electron chi connectivity index (χ2n) is 4.58. The Morgan fingerprint density at radius 2 is 1.86 bits per heavy atom. The van der Waals surface area contributed by atoms with Crippen molar-refractivity contribution in [3.8, 4) is 11.5 Å². The van der Waals surface area contributed by atoms with Crippen LogP contribution in [0.3, 0.4) is 0 Å². The number of ether oxygens (including phenoxy) is 3. The van der Waals surface area contributed by atoms with Crippen LogP contribution in [-0.4, -0.2) is 33.0 Å². The Bertz CT molecular complexity index is 413. The molecular formula is C16H26BrNO3. The van der Waals surface area contributed by atoms with Crippen LogP contribution in [-0.2, 0) is 11.3 Å². The lowest BCUT2D eigenvalue weighted by Gasteiger charge is -2.15. The summed E-state index contributed by atoms with van der Waals surface area (Å²) in [6.07, 6.45) is 1.02. The molecule has 5 heteroatoms. The molecule has 120 valence electrons. The molecule has 1 aromatic rings. The van der Waals surface area contributed by atoms with Crippen molar-refractivity contribution in [2.45, 2.75) is 33.7 Å². The molecule has 0 aliphatic carbocycles. The first kappa shape index (κ1) is 18.3. The van der Waals surface area contributed by atoms with Crippen molar-refractivity contribution in [1.29, 1.82) is 0 Å². The van der Waals surface area contributed by atoms with Crippen LogP contribution in [0.1, 0.15) is 32.8 Å². The molecule has 4 nitrogen and oxygen atoms in total. The maximum Gasteiger partial charge on any atom is 0.175 e. The molecule has 0 fully saturated rings. The molecule has 0 saturated heterocycles. The van der Waals surface area contributed by atoms with Gasteiger partial charge in [-0.3, -0.25) is 0 Å². The Labute approximate surface area is 136 Å². The summed E-state index contributed by atoms with van der Waals surface area (Å²) in [5, 5.41) is 3.31. The molecule has 0 amide bonds. The van der Waals surface area contributed by atoms with Crippen LogP contribution in [0.15, 0.2) is 16.6 Å². The second-order valence-corrected chi connectivity index (χ2v) is 5.43. The number of nitrogens with one attached hydrogen (secondary N) is 1. The number of halogens is 1. The van der Waals surface area contributed by atoms with Crippen LogP contribution in [0.25, 0.3) is 0 Å². The van der Waals surface area contributed by atoms with E-state index in [1.807, 2.05) is 13.0 Å². The third kappa shape index (κ3) is 6.68. The Hall–Kier alpha value is -0.780. The summed E-state index contributed by atoms with van der Waals surface area (Å²) in [6, 6.07) is 4.09. The fourth-order valence-corrected chi connectivity index (χ4v) is 2.45. The Morgan fingerprint density at radius 3 is 2.52 bits per heavy atom. The molecule has 0 aromatic heterocycles. The summed E-state index contributed by atoms with van der Waals surface area (Å²) in [7, 11) is 0. The fraction of sp³-hybridized carbons (Fsp3) is 0.625. The summed E-state index contributed by atoms with van der Waals surface area (Å²) in [4.78, 5) is 0. The van der Waals surface area contributed by atoms with E-state index in [2.05, 4.69) is 41.2 Å². The van der Waals surface area contributed by atoms with Gasteiger partial charge in [-0.25, -0.2) is 0 Å². The molecule has 0 atom stereocenters. The van der Waals surface area contributed by atoms with Gasteiger partial charge in [0.1, 0.15) is 6.61 Å². The second kappa shape index (κ2) is 10.9. The normalized spacial score (nSPS) is 10.7. The fourth-order valence-electron chi connectivity index (χ4n) is 1.84. The molecule has 0 aliphatic heterocycles. The topological polar surface area (TPSA) is 39.7 Å². The lowest BCUT2D eigenvalue weighted by Crippen LogP contribution is -2.12. The number of benzene rings is 1. The summed E-state index contributed by atoms with van der Waals surface area (Å²) in [5.41, 5.74) is 1.17. The number of rotatable bonds is 11. The van der Waals surface area contributed by atoms with Gasteiger partial charge in [0.2, 0.25) is 0 Å². The molecule has 0 bridgehead atoms. The van der Waals surface area contributed by atoms with Gasteiger partial charge in [-0.2, -0.15) is 0 Å². The van der Waals surface area contributed by atoms with Gasteiger partial charge in [0.15, 0.2) is 11.5 Å². The van der Waals surface area contributed by atoms with Crippen molar-refractivity contribution in [2.75, 3.05) is 33.0 Å². The van der Waals surface area contributed by atoms with Gasteiger partial charge in [-0.15, -0.1) is 0 Å². The lowest BCUT2D eigenvalue weighted by atomic mass is 10.2. The number of hydrogen-bond donors (Lipinski definition) is 1. The van der Waals surface area contributed by atoms with Gasteiger partial charge in [-0.05, 0) is 53.5 Å². The minimum atomic E-state index is 0.519. The Balaban J connectivity index is 2.71. The van der Waals surface area contributed by atoms with Gasteiger partial charge in [0, 0.05) is 13.2 Å². The Morgan fingerprint density at radius 1 is 1.05 bits per heavy atom. The molecule has 0 unspecified atom stereocenters. The van der Waals surface area contributed by atoms with Crippen LogP contribution in [0.2, 0.25) is 0 Å². The third-order valence-electron chi connectivity index (χ3n) is 2.77. The molecule has 1 aromatic carbocycles. The van der Waals surface area contributed by atoms with Crippen LogP contribution in [0.4, 0.5) is 0 Å². The molecule has 1 N–H and O–H groups in total. The highest BCUT2D eigenvalue weighted by Crippen LogP contribution is 2.36. The predicted molar refractivity (Wildman–Crippen MR) is 89.3 cm³/mol. The van der Waals surface area contributed by atoms with Crippen molar-refractivity contribution >= 4 is 15.9 Å². The van der Waals surface area contributed by atoms with Gasteiger partial charge in [-0.1, -0.05) is 13.8 Å². The zero-order chi connectivity index (χ0) is 15.5. The van der Waals surface area contributed by atoms with Crippen molar-refractivity contribution < 1.29 is 14.2 Å². The summed E-state index contributed by atoms with van der Waals surface area (Å²) in [6.45, 7) is 10.4. The van der Waals surface area contributed by atoms with Crippen LogP contribution in [0, 0.1) is 0 Å². The summed E-state index contributed by atoms with van der Waals surface area (Å²) < 4.78 is 17.8. The standard InChI is InChI=1S/C16H26BrNO3/c1-4-7-19-8-9-21-16-14(17)10-13(12-18-5-2)11-15(16)20-6-3/h10-11,18H,4-9,12H2,1-3H3. The highest BCUT2D eigenvalue weighted by Gasteiger charge is 2.12. The maximum absolute atomic E-state index is 5.81. The highest BCUT2D eigenvalue weighted by atomic mass is 79.9. The van der Waals surface area contributed by atoms with E-state index >= 15 is 0 Å². The molecular weight excluding hydrogens is 334 g/mol. The smallest absolute Gasteiger partial charge is 0.175 e. The minimum Gasteiger partial charge on any atom is -0.490 e. The van der Waals surface area contributed by atoms with Crippen LogP contribution >= 0.6 is 15.9 Å². The van der Waals surface area contributed by atoms with Crippen molar-refractivity contribution in [2.24, 2.45) is 0 Å². The average molecular weight is 360 g/mol. The van der Waals surface area contributed by atoms with E-state index in [0.717, 1.165) is 42.1 Å². The van der Waals surface area contributed by atoms with Crippen molar-refractivity contribution in [3.05, 3.63) is 22.2 Å². The average Bonchev–Trinajstić information content (AvgIpc) is 2.47. The Kier molecular flexibility index (Phi) is 9.46. The van der Waals surface area contributed by atoms with Gasteiger partial charge in [0.25, 0.3) is 0 Å². The van der Waals surface area contributed by atoms with Gasteiger partial charge >= 0.3 is 0 Å². The molecule has 1 rings (SSSR count). The molecule has 21 heavy (non-hydrogen) atoms. The molecule has 0 heterocycles. The summed E-state index contributed by atoms with van der Waals surface area (Å²) in [5.74, 6) is 1.52. The van der Waals surface area contributed by atoms with E-state index in [4.69, 9.17) is 14.2 Å². The molecule has 0 spiro atoms. The molecule has 0 aliphatic rings. The highest BCUT2D eigenvalue weighted by molar-refractivity contribution is 9.10. The zero-order valence-corrected chi connectivity index (χ0v) is 14.8. The number of hydrogen-bond acceptors (Lipinski definition) is 4. The van der Waals surface area contributed by atoms with Crippen LogP contribution in [0.5, 0.6) is 11.5 Å². The first-order chi connectivity index (χ1) is 10.2. The van der Waals surface area contributed by atoms with E-state index < -0.39 is 0 Å². The molecule has 0 saturated carbocycles. The van der Waals surface area contributed by atoms with Crippen molar-refractivity contribution in [3.63, 3.8) is 0 Å². The summed E-state index contributed by atoms with van der Waals surface area (Å²) >= 11 is 3.57. The largest absolute Gasteiger partial charge is 0.490 e. The monoisotopic (exact) mass is 359 g/mol. The maximum atomic E-state index is 5.81. The van der Waals surface area contributed by atoms with Crippen LogP contribution < -0.4 is 14.8 Å². The van der Waals surface area contributed by atoms with Gasteiger partial charge < -0.3 is 19.5 Å². The van der Waals surface area contributed by atoms with E-state index in [9.17, 15) is 0 Å².